The Hall–Kier alpha value is -2.16. The Kier molecular flexibility index (Phi) is 5.09. The van der Waals surface area contributed by atoms with Crippen molar-refractivity contribution >= 4 is 18.0 Å². The third kappa shape index (κ3) is 3.91. The maximum Gasteiger partial charge on any atom is 0.387 e. The van der Waals surface area contributed by atoms with Gasteiger partial charge in [0.1, 0.15) is 6.33 Å². The second-order valence-corrected chi connectivity index (χ2v) is 4.47. The van der Waals surface area contributed by atoms with Crippen LogP contribution in [-0.2, 0) is 0 Å². The number of alkyl halides is 2. The number of hydrogen-bond acceptors (Lipinski definition) is 6. The van der Waals surface area contributed by atoms with Crippen LogP contribution in [0.25, 0.3) is 0 Å². The van der Waals surface area contributed by atoms with E-state index in [0.717, 1.165) is 0 Å². The van der Waals surface area contributed by atoms with E-state index < -0.39 is 6.61 Å². The highest BCUT2D eigenvalue weighted by Crippen LogP contribution is 2.28. The number of benzene rings is 1. The van der Waals surface area contributed by atoms with Crippen LogP contribution in [0.5, 0.6) is 11.5 Å². The van der Waals surface area contributed by atoms with Crippen molar-refractivity contribution in [3.8, 4) is 11.5 Å². The van der Waals surface area contributed by atoms with E-state index >= 15 is 0 Å². The van der Waals surface area contributed by atoms with Crippen molar-refractivity contribution in [3.63, 3.8) is 0 Å². The van der Waals surface area contributed by atoms with Gasteiger partial charge in [-0.2, -0.15) is 18.6 Å². The average Bonchev–Trinajstić information content (AvgIpc) is 2.93. The summed E-state index contributed by atoms with van der Waals surface area (Å²) in [4.78, 5) is 0. The van der Waals surface area contributed by atoms with Gasteiger partial charge in [0.2, 0.25) is 5.16 Å². The van der Waals surface area contributed by atoms with E-state index in [1.807, 2.05) is 6.26 Å². The molecule has 6 nitrogen and oxygen atoms in total. The number of halogens is 2. The van der Waals surface area contributed by atoms with Crippen molar-refractivity contribution in [1.29, 1.82) is 0 Å². The molecule has 0 radical (unpaired) electrons. The molecule has 0 unspecified atom stereocenters. The minimum atomic E-state index is -2.90. The van der Waals surface area contributed by atoms with E-state index in [0.29, 0.717) is 10.7 Å². The molecule has 1 aromatic heterocycles. The second-order valence-electron chi connectivity index (χ2n) is 3.70. The summed E-state index contributed by atoms with van der Waals surface area (Å²) in [6.45, 7) is -2.90. The van der Waals surface area contributed by atoms with Gasteiger partial charge in [0.05, 0.1) is 13.3 Å². The fourth-order valence-corrected chi connectivity index (χ4v) is 1.93. The fraction of sp³-hybridized carbons (Fsp3) is 0.250. The number of ether oxygens (including phenoxy) is 2. The molecular weight excluding hydrogens is 302 g/mol. The van der Waals surface area contributed by atoms with Crippen molar-refractivity contribution in [2.45, 2.75) is 11.8 Å². The van der Waals surface area contributed by atoms with Crippen molar-refractivity contribution < 1.29 is 18.3 Å². The van der Waals surface area contributed by atoms with E-state index in [2.05, 4.69) is 20.0 Å². The normalized spacial score (nSPS) is 11.3. The summed E-state index contributed by atoms with van der Waals surface area (Å²) in [6.07, 6.45) is 4.86. The van der Waals surface area contributed by atoms with Crippen LogP contribution in [0.15, 0.2) is 34.8 Å². The second kappa shape index (κ2) is 7.02. The van der Waals surface area contributed by atoms with Gasteiger partial charge in [-0.25, -0.2) is 0 Å². The third-order valence-corrected chi connectivity index (χ3v) is 3.05. The van der Waals surface area contributed by atoms with Crippen molar-refractivity contribution in [1.82, 2.24) is 14.9 Å². The highest BCUT2D eigenvalue weighted by molar-refractivity contribution is 7.98. The number of thioether (sulfide) groups is 1. The minimum absolute atomic E-state index is 0.0289. The van der Waals surface area contributed by atoms with Crippen LogP contribution in [0.2, 0.25) is 0 Å². The van der Waals surface area contributed by atoms with Crippen molar-refractivity contribution in [2.75, 3.05) is 13.4 Å². The first kappa shape index (κ1) is 15.2. The van der Waals surface area contributed by atoms with E-state index in [-0.39, 0.29) is 11.5 Å². The molecule has 2 aromatic rings. The molecule has 0 fully saturated rings. The van der Waals surface area contributed by atoms with Gasteiger partial charge in [0.25, 0.3) is 0 Å². The van der Waals surface area contributed by atoms with Crippen LogP contribution in [0.4, 0.5) is 8.78 Å². The van der Waals surface area contributed by atoms with Crippen molar-refractivity contribution in [2.24, 2.45) is 5.10 Å². The zero-order valence-corrected chi connectivity index (χ0v) is 12.1. The van der Waals surface area contributed by atoms with Crippen LogP contribution in [0.3, 0.4) is 0 Å². The molecule has 0 aliphatic heterocycles. The van der Waals surface area contributed by atoms with Gasteiger partial charge >= 0.3 is 6.61 Å². The van der Waals surface area contributed by atoms with Crippen LogP contribution in [0, 0.1) is 0 Å². The lowest BCUT2D eigenvalue weighted by atomic mass is 10.2. The predicted octanol–water partition coefficient (Wildman–Crippen LogP) is 2.49. The largest absolute Gasteiger partial charge is 0.493 e. The molecule has 0 bridgehead atoms. The first-order valence-corrected chi connectivity index (χ1v) is 6.97. The van der Waals surface area contributed by atoms with Gasteiger partial charge in [0.15, 0.2) is 11.5 Å². The zero-order valence-electron chi connectivity index (χ0n) is 11.2. The van der Waals surface area contributed by atoms with Gasteiger partial charge in [0, 0.05) is 0 Å². The molecule has 2 rings (SSSR count). The van der Waals surface area contributed by atoms with E-state index in [9.17, 15) is 8.78 Å². The molecule has 21 heavy (non-hydrogen) atoms. The molecule has 1 aromatic carbocycles. The maximum atomic E-state index is 12.2. The Morgan fingerprint density at radius 2 is 2.19 bits per heavy atom. The smallest absolute Gasteiger partial charge is 0.387 e. The van der Waals surface area contributed by atoms with E-state index in [4.69, 9.17) is 4.74 Å². The summed E-state index contributed by atoms with van der Waals surface area (Å²) in [7, 11) is 1.38. The molecule has 0 N–H and O–H groups in total. The molecule has 0 amide bonds. The Morgan fingerprint density at radius 1 is 1.38 bits per heavy atom. The minimum Gasteiger partial charge on any atom is -0.493 e. The molecule has 1 heterocycles. The molecule has 0 saturated carbocycles. The highest BCUT2D eigenvalue weighted by Gasteiger charge is 2.10. The molecule has 0 aliphatic rings. The Balaban J connectivity index is 2.21. The lowest BCUT2D eigenvalue weighted by Crippen LogP contribution is -2.03. The Bertz CT molecular complexity index is 633. The third-order valence-electron chi connectivity index (χ3n) is 2.42. The average molecular weight is 314 g/mol. The number of aromatic nitrogens is 3. The topological polar surface area (TPSA) is 61.5 Å². The van der Waals surface area contributed by atoms with Crippen LogP contribution >= 0.6 is 11.8 Å². The van der Waals surface area contributed by atoms with Crippen LogP contribution < -0.4 is 9.47 Å². The SMILES string of the molecule is COc1cc(/C=N/n2cnnc2SC)ccc1OC(F)F. The highest BCUT2D eigenvalue weighted by atomic mass is 32.2. The van der Waals surface area contributed by atoms with Gasteiger partial charge in [-0.1, -0.05) is 11.8 Å². The summed E-state index contributed by atoms with van der Waals surface area (Å²) < 4.78 is 35.3. The van der Waals surface area contributed by atoms with Crippen molar-refractivity contribution in [3.05, 3.63) is 30.1 Å². The first-order valence-electron chi connectivity index (χ1n) is 5.75. The van der Waals surface area contributed by atoms with Crippen LogP contribution in [-0.4, -0.2) is 41.1 Å². The molecule has 0 atom stereocenters. The number of nitrogens with zero attached hydrogens (tertiary/aromatic N) is 4. The summed E-state index contributed by atoms with van der Waals surface area (Å²) in [5.74, 6) is 0.173. The summed E-state index contributed by atoms with van der Waals surface area (Å²) >= 11 is 1.40. The van der Waals surface area contributed by atoms with Gasteiger partial charge < -0.3 is 9.47 Å². The number of hydrogen-bond donors (Lipinski definition) is 0. The fourth-order valence-electron chi connectivity index (χ4n) is 1.52. The molecule has 0 aliphatic carbocycles. The molecular formula is C12H12F2N4O2S. The first-order chi connectivity index (χ1) is 10.1. The Morgan fingerprint density at radius 3 is 2.86 bits per heavy atom. The maximum absolute atomic E-state index is 12.2. The monoisotopic (exact) mass is 314 g/mol. The number of methoxy groups -OCH3 is 1. The van der Waals surface area contributed by atoms with Gasteiger partial charge in [-0.3, -0.25) is 0 Å². The lowest BCUT2D eigenvalue weighted by Gasteiger charge is -2.09. The predicted molar refractivity (Wildman–Crippen MR) is 74.4 cm³/mol. The zero-order chi connectivity index (χ0) is 15.2. The number of rotatable bonds is 6. The molecule has 112 valence electrons. The lowest BCUT2D eigenvalue weighted by molar-refractivity contribution is -0.0512. The molecule has 9 heteroatoms. The van der Waals surface area contributed by atoms with Crippen LogP contribution in [0.1, 0.15) is 5.56 Å². The Labute approximate surface area is 123 Å². The van der Waals surface area contributed by atoms with Gasteiger partial charge in [-0.15, -0.1) is 10.2 Å². The quantitative estimate of drug-likeness (QED) is 0.605. The van der Waals surface area contributed by atoms with E-state index in [1.165, 1.54) is 42.2 Å². The summed E-state index contributed by atoms with van der Waals surface area (Å²) in [5, 5.41) is 12.4. The van der Waals surface area contributed by atoms with Gasteiger partial charge in [-0.05, 0) is 30.0 Å². The van der Waals surface area contributed by atoms with E-state index in [1.54, 1.807) is 12.1 Å². The standard InChI is InChI=1S/C12H12F2N4O2S/c1-19-10-5-8(3-4-9(10)20-11(13)14)6-16-18-7-15-17-12(18)21-2/h3-7,11H,1-2H3/b16-6+. The molecule has 0 saturated heterocycles. The summed E-state index contributed by atoms with van der Waals surface area (Å²) in [6, 6.07) is 4.53. The summed E-state index contributed by atoms with van der Waals surface area (Å²) in [5.41, 5.74) is 0.661. The molecule has 0 spiro atoms.